The summed E-state index contributed by atoms with van der Waals surface area (Å²) < 4.78 is 5.39. The quantitative estimate of drug-likeness (QED) is 0.744. The third kappa shape index (κ3) is 3.42. The summed E-state index contributed by atoms with van der Waals surface area (Å²) in [5, 5.41) is 0. The highest BCUT2D eigenvalue weighted by Crippen LogP contribution is 2.29. The maximum absolute atomic E-state index is 12.4. The van der Waals surface area contributed by atoms with Gasteiger partial charge in [0.2, 0.25) is 5.91 Å². The Morgan fingerprint density at radius 3 is 2.82 bits per heavy atom. The maximum atomic E-state index is 12.4. The van der Waals surface area contributed by atoms with Gasteiger partial charge >= 0.3 is 0 Å². The van der Waals surface area contributed by atoms with E-state index in [1.165, 1.54) is 0 Å². The molecule has 0 aromatic rings. The Labute approximate surface area is 103 Å². The fourth-order valence-corrected chi connectivity index (χ4v) is 3.08. The zero-order chi connectivity index (χ0) is 12.3. The van der Waals surface area contributed by atoms with E-state index < -0.39 is 0 Å². The second kappa shape index (κ2) is 5.83. The largest absolute Gasteiger partial charge is 0.380 e. The van der Waals surface area contributed by atoms with Crippen LogP contribution >= 0.6 is 0 Å². The first kappa shape index (κ1) is 12.8. The second-order valence-electron chi connectivity index (χ2n) is 5.56. The number of hydrogen-bond donors (Lipinski definition) is 1. The van der Waals surface area contributed by atoms with E-state index in [1.54, 1.807) is 0 Å². The van der Waals surface area contributed by atoms with Gasteiger partial charge in [-0.2, -0.15) is 0 Å². The first-order chi connectivity index (χ1) is 8.16. The number of amides is 1. The SMILES string of the molecule is CC1CC(N)CC(C(=O)N2CCCOCC2)C1. The minimum atomic E-state index is 0.145. The number of nitrogens with two attached hydrogens (primary N) is 1. The van der Waals surface area contributed by atoms with Crippen molar-refractivity contribution in [2.24, 2.45) is 17.6 Å². The molecular weight excluding hydrogens is 216 g/mol. The molecule has 1 aliphatic heterocycles. The van der Waals surface area contributed by atoms with E-state index in [-0.39, 0.29) is 12.0 Å². The summed E-state index contributed by atoms with van der Waals surface area (Å²) in [7, 11) is 0. The molecule has 17 heavy (non-hydrogen) atoms. The highest BCUT2D eigenvalue weighted by atomic mass is 16.5. The van der Waals surface area contributed by atoms with Crippen molar-refractivity contribution < 1.29 is 9.53 Å². The van der Waals surface area contributed by atoms with E-state index >= 15 is 0 Å². The van der Waals surface area contributed by atoms with E-state index in [1.807, 2.05) is 4.90 Å². The van der Waals surface area contributed by atoms with E-state index in [2.05, 4.69) is 6.92 Å². The molecule has 1 aliphatic carbocycles. The number of ether oxygens (including phenoxy) is 1. The standard InChI is InChI=1S/C13H24N2O2/c1-10-7-11(9-12(14)8-10)13(16)15-3-2-5-17-6-4-15/h10-12H,2-9,14H2,1H3. The summed E-state index contributed by atoms with van der Waals surface area (Å²) in [5.74, 6) is 1.03. The van der Waals surface area contributed by atoms with Gasteiger partial charge in [0.05, 0.1) is 6.61 Å². The monoisotopic (exact) mass is 240 g/mol. The van der Waals surface area contributed by atoms with Crippen LogP contribution in [0.15, 0.2) is 0 Å². The number of nitrogens with zero attached hydrogens (tertiary/aromatic N) is 1. The zero-order valence-corrected chi connectivity index (χ0v) is 10.7. The number of carbonyl (C=O) groups excluding carboxylic acids is 1. The molecule has 2 fully saturated rings. The molecular formula is C13H24N2O2. The third-order valence-electron chi connectivity index (χ3n) is 3.86. The van der Waals surface area contributed by atoms with Crippen LogP contribution in [0.2, 0.25) is 0 Å². The van der Waals surface area contributed by atoms with Gasteiger partial charge in [-0.25, -0.2) is 0 Å². The van der Waals surface area contributed by atoms with E-state index in [0.717, 1.165) is 45.4 Å². The lowest BCUT2D eigenvalue weighted by atomic mass is 9.79. The Bertz CT molecular complexity index is 252. The molecule has 1 saturated heterocycles. The Hall–Kier alpha value is -0.610. The fraction of sp³-hybridized carbons (Fsp3) is 0.923. The summed E-state index contributed by atoms with van der Waals surface area (Å²) in [6.45, 7) is 5.26. The van der Waals surface area contributed by atoms with Gasteiger partial charge in [0.1, 0.15) is 0 Å². The van der Waals surface area contributed by atoms with Crippen LogP contribution in [-0.4, -0.2) is 43.2 Å². The smallest absolute Gasteiger partial charge is 0.225 e. The van der Waals surface area contributed by atoms with Crippen LogP contribution in [0.1, 0.15) is 32.6 Å². The zero-order valence-electron chi connectivity index (χ0n) is 10.7. The summed E-state index contributed by atoms with van der Waals surface area (Å²) in [4.78, 5) is 14.4. The van der Waals surface area contributed by atoms with Crippen LogP contribution in [0, 0.1) is 11.8 Å². The van der Waals surface area contributed by atoms with Crippen LogP contribution in [0.5, 0.6) is 0 Å². The average Bonchev–Trinajstić information content (AvgIpc) is 2.55. The van der Waals surface area contributed by atoms with Crippen molar-refractivity contribution in [1.29, 1.82) is 0 Å². The maximum Gasteiger partial charge on any atom is 0.225 e. The van der Waals surface area contributed by atoms with E-state index in [4.69, 9.17) is 10.5 Å². The molecule has 3 unspecified atom stereocenters. The molecule has 2 aliphatic rings. The predicted octanol–water partition coefficient (Wildman–Crippen LogP) is 0.999. The van der Waals surface area contributed by atoms with Crippen LogP contribution < -0.4 is 5.73 Å². The third-order valence-corrected chi connectivity index (χ3v) is 3.86. The summed E-state index contributed by atoms with van der Waals surface area (Å²) >= 11 is 0. The number of rotatable bonds is 1. The number of carbonyl (C=O) groups is 1. The molecule has 2 N–H and O–H groups in total. The Kier molecular flexibility index (Phi) is 4.40. The molecule has 2 rings (SSSR count). The Balaban J connectivity index is 1.93. The lowest BCUT2D eigenvalue weighted by Gasteiger charge is -2.33. The molecule has 1 heterocycles. The minimum Gasteiger partial charge on any atom is -0.380 e. The van der Waals surface area contributed by atoms with Crippen molar-refractivity contribution in [3.8, 4) is 0 Å². The molecule has 98 valence electrons. The molecule has 1 amide bonds. The molecule has 3 atom stereocenters. The minimum absolute atomic E-state index is 0.145. The van der Waals surface area contributed by atoms with Gasteiger partial charge in [-0.3, -0.25) is 4.79 Å². The topological polar surface area (TPSA) is 55.6 Å². The molecule has 0 aromatic heterocycles. The number of hydrogen-bond acceptors (Lipinski definition) is 3. The van der Waals surface area contributed by atoms with Crippen molar-refractivity contribution in [3.05, 3.63) is 0 Å². The normalized spacial score (nSPS) is 35.4. The van der Waals surface area contributed by atoms with Gasteiger partial charge in [-0.05, 0) is 31.6 Å². The Morgan fingerprint density at radius 2 is 2.06 bits per heavy atom. The van der Waals surface area contributed by atoms with Crippen molar-refractivity contribution in [1.82, 2.24) is 4.90 Å². The average molecular weight is 240 g/mol. The molecule has 0 spiro atoms. The first-order valence-corrected chi connectivity index (χ1v) is 6.79. The van der Waals surface area contributed by atoms with Gasteiger partial charge in [0.15, 0.2) is 0 Å². The Morgan fingerprint density at radius 1 is 1.24 bits per heavy atom. The molecule has 4 heteroatoms. The molecule has 0 bridgehead atoms. The summed E-state index contributed by atoms with van der Waals surface area (Å²) in [5.41, 5.74) is 6.02. The van der Waals surface area contributed by atoms with E-state index in [0.29, 0.717) is 18.4 Å². The van der Waals surface area contributed by atoms with Crippen LogP contribution in [-0.2, 0) is 9.53 Å². The predicted molar refractivity (Wildman–Crippen MR) is 66.5 cm³/mol. The van der Waals surface area contributed by atoms with Crippen molar-refractivity contribution >= 4 is 5.91 Å². The van der Waals surface area contributed by atoms with Crippen LogP contribution in [0.4, 0.5) is 0 Å². The van der Waals surface area contributed by atoms with Gasteiger partial charge < -0.3 is 15.4 Å². The van der Waals surface area contributed by atoms with Gasteiger partial charge in [0, 0.05) is 31.7 Å². The molecule has 4 nitrogen and oxygen atoms in total. The highest BCUT2D eigenvalue weighted by molar-refractivity contribution is 5.79. The van der Waals surface area contributed by atoms with Crippen molar-refractivity contribution in [2.45, 2.75) is 38.6 Å². The van der Waals surface area contributed by atoms with E-state index in [9.17, 15) is 4.79 Å². The molecule has 0 radical (unpaired) electrons. The second-order valence-corrected chi connectivity index (χ2v) is 5.56. The van der Waals surface area contributed by atoms with Crippen LogP contribution in [0.25, 0.3) is 0 Å². The first-order valence-electron chi connectivity index (χ1n) is 6.79. The summed E-state index contributed by atoms with van der Waals surface area (Å²) in [6.07, 6.45) is 3.89. The van der Waals surface area contributed by atoms with Crippen LogP contribution in [0.3, 0.4) is 0 Å². The van der Waals surface area contributed by atoms with Gasteiger partial charge in [-0.15, -0.1) is 0 Å². The lowest BCUT2D eigenvalue weighted by molar-refractivity contribution is -0.137. The van der Waals surface area contributed by atoms with Gasteiger partial charge in [0.25, 0.3) is 0 Å². The highest BCUT2D eigenvalue weighted by Gasteiger charge is 2.32. The van der Waals surface area contributed by atoms with Gasteiger partial charge in [-0.1, -0.05) is 6.92 Å². The van der Waals surface area contributed by atoms with Crippen molar-refractivity contribution in [3.63, 3.8) is 0 Å². The molecule has 1 saturated carbocycles. The lowest BCUT2D eigenvalue weighted by Crippen LogP contribution is -2.43. The summed E-state index contributed by atoms with van der Waals surface area (Å²) in [6, 6.07) is 0.205. The fourth-order valence-electron chi connectivity index (χ4n) is 3.08. The van der Waals surface area contributed by atoms with Crippen molar-refractivity contribution in [2.75, 3.05) is 26.3 Å². The molecule has 0 aromatic carbocycles.